The average molecular weight is 306 g/mol. The monoisotopic (exact) mass is 306 g/mol. The van der Waals surface area contributed by atoms with Crippen molar-refractivity contribution in [2.45, 2.75) is 26.8 Å². The van der Waals surface area contributed by atoms with Crippen LogP contribution in [0.3, 0.4) is 0 Å². The molecule has 0 radical (unpaired) electrons. The average Bonchev–Trinajstić information content (AvgIpc) is 2.85. The van der Waals surface area contributed by atoms with Gasteiger partial charge in [0.2, 0.25) is 0 Å². The van der Waals surface area contributed by atoms with E-state index in [1.165, 1.54) is 12.1 Å². The van der Waals surface area contributed by atoms with Crippen LogP contribution < -0.4 is 10.6 Å². The largest absolute Gasteiger partial charge is 0.385 e. The van der Waals surface area contributed by atoms with E-state index in [2.05, 4.69) is 15.6 Å². The number of hydrogen-bond acceptors (Lipinski definition) is 6. The van der Waals surface area contributed by atoms with Crippen molar-refractivity contribution in [1.29, 1.82) is 0 Å². The van der Waals surface area contributed by atoms with Gasteiger partial charge in [-0.25, -0.2) is 4.98 Å². The van der Waals surface area contributed by atoms with Crippen LogP contribution in [0.1, 0.15) is 29.8 Å². The first-order valence-corrected chi connectivity index (χ1v) is 7.53. The second kappa shape index (κ2) is 6.53. The van der Waals surface area contributed by atoms with E-state index in [0.717, 1.165) is 15.6 Å². The van der Waals surface area contributed by atoms with Gasteiger partial charge in [0.25, 0.3) is 5.69 Å². The summed E-state index contributed by atoms with van der Waals surface area (Å²) in [6.07, 6.45) is 1.83. The van der Waals surface area contributed by atoms with Gasteiger partial charge in [-0.3, -0.25) is 10.1 Å². The van der Waals surface area contributed by atoms with Crippen LogP contribution in [0.2, 0.25) is 0 Å². The first kappa shape index (κ1) is 15.2. The molecule has 0 bridgehead atoms. The van der Waals surface area contributed by atoms with Crippen LogP contribution in [0, 0.1) is 17.0 Å². The Bertz CT molecular complexity index is 642. The van der Waals surface area contributed by atoms with E-state index in [1.807, 2.05) is 33.0 Å². The summed E-state index contributed by atoms with van der Waals surface area (Å²) in [7, 11) is 0. The molecule has 0 fully saturated rings. The maximum atomic E-state index is 11.0. The molecule has 6 nitrogen and oxygen atoms in total. The Labute approximate surface area is 127 Å². The highest BCUT2D eigenvalue weighted by atomic mass is 32.1. The lowest BCUT2D eigenvalue weighted by Gasteiger charge is -2.14. The van der Waals surface area contributed by atoms with Crippen molar-refractivity contribution in [2.75, 3.05) is 17.2 Å². The van der Waals surface area contributed by atoms with Gasteiger partial charge in [0.05, 0.1) is 11.0 Å². The van der Waals surface area contributed by atoms with Crippen molar-refractivity contribution < 1.29 is 4.92 Å². The summed E-state index contributed by atoms with van der Waals surface area (Å²) in [4.78, 5) is 16.1. The number of aryl methyl sites for hydroxylation is 1. The molecule has 0 saturated heterocycles. The first-order valence-electron chi connectivity index (χ1n) is 6.71. The number of rotatable bonds is 6. The number of thiazole rings is 1. The molecule has 0 amide bonds. The van der Waals surface area contributed by atoms with Crippen molar-refractivity contribution in [2.24, 2.45) is 0 Å². The molecular formula is C14H18N4O2S. The minimum absolute atomic E-state index is 0.000167. The van der Waals surface area contributed by atoms with Crippen LogP contribution in [0.25, 0.3) is 0 Å². The minimum atomic E-state index is -0.385. The SMILES string of the molecule is CCNc1cc(NC(C)c2ncc(C)s2)cc([N+](=O)[O-])c1. The molecule has 7 heteroatoms. The third kappa shape index (κ3) is 3.91. The van der Waals surface area contributed by atoms with Gasteiger partial charge in [0.15, 0.2) is 0 Å². The van der Waals surface area contributed by atoms with Gasteiger partial charge in [-0.15, -0.1) is 11.3 Å². The number of anilines is 2. The van der Waals surface area contributed by atoms with E-state index < -0.39 is 0 Å². The van der Waals surface area contributed by atoms with Crippen molar-refractivity contribution >= 4 is 28.4 Å². The minimum Gasteiger partial charge on any atom is -0.385 e. The molecule has 0 saturated carbocycles. The Morgan fingerprint density at radius 2 is 2.10 bits per heavy atom. The number of nitro benzene ring substituents is 1. The van der Waals surface area contributed by atoms with Crippen LogP contribution in [0.5, 0.6) is 0 Å². The van der Waals surface area contributed by atoms with Crippen LogP contribution in [0.15, 0.2) is 24.4 Å². The predicted molar refractivity (Wildman–Crippen MR) is 86.1 cm³/mol. The van der Waals surface area contributed by atoms with Crippen LogP contribution in [-0.2, 0) is 0 Å². The summed E-state index contributed by atoms with van der Waals surface area (Å²) in [5.74, 6) is 0. The molecule has 1 heterocycles. The molecule has 21 heavy (non-hydrogen) atoms. The Hall–Kier alpha value is -2.15. The second-order valence-corrected chi connectivity index (χ2v) is 6.00. The number of non-ortho nitro benzene ring substituents is 1. The Balaban J connectivity index is 2.23. The van der Waals surface area contributed by atoms with Gasteiger partial charge in [-0.05, 0) is 26.8 Å². The van der Waals surface area contributed by atoms with Gasteiger partial charge in [-0.1, -0.05) is 0 Å². The van der Waals surface area contributed by atoms with Gasteiger partial charge >= 0.3 is 0 Å². The number of nitrogens with one attached hydrogen (secondary N) is 2. The lowest BCUT2D eigenvalue weighted by atomic mass is 10.2. The van der Waals surface area contributed by atoms with E-state index in [9.17, 15) is 10.1 Å². The van der Waals surface area contributed by atoms with Crippen molar-refractivity contribution in [3.8, 4) is 0 Å². The third-order valence-electron chi connectivity index (χ3n) is 2.90. The zero-order valence-electron chi connectivity index (χ0n) is 12.2. The summed E-state index contributed by atoms with van der Waals surface area (Å²) in [5.41, 5.74) is 1.51. The molecule has 1 aromatic heterocycles. The summed E-state index contributed by atoms with van der Waals surface area (Å²) in [6.45, 7) is 6.66. The number of benzene rings is 1. The highest BCUT2D eigenvalue weighted by Crippen LogP contribution is 2.28. The van der Waals surface area contributed by atoms with E-state index >= 15 is 0 Å². The Morgan fingerprint density at radius 3 is 2.67 bits per heavy atom. The fourth-order valence-corrected chi connectivity index (χ4v) is 2.77. The molecular weight excluding hydrogens is 288 g/mol. The molecule has 2 aromatic rings. The lowest BCUT2D eigenvalue weighted by molar-refractivity contribution is -0.384. The smallest absolute Gasteiger partial charge is 0.273 e. The maximum Gasteiger partial charge on any atom is 0.273 e. The second-order valence-electron chi connectivity index (χ2n) is 4.73. The van der Waals surface area contributed by atoms with Gasteiger partial charge in [-0.2, -0.15) is 0 Å². The van der Waals surface area contributed by atoms with Gasteiger partial charge in [0.1, 0.15) is 5.01 Å². The zero-order chi connectivity index (χ0) is 15.4. The number of aromatic nitrogens is 1. The molecule has 0 spiro atoms. The van der Waals surface area contributed by atoms with Crippen molar-refractivity contribution in [1.82, 2.24) is 4.98 Å². The quantitative estimate of drug-likeness (QED) is 0.623. The van der Waals surface area contributed by atoms with Crippen molar-refractivity contribution in [3.05, 3.63) is 44.4 Å². The van der Waals surface area contributed by atoms with E-state index in [-0.39, 0.29) is 16.7 Å². The molecule has 1 unspecified atom stereocenters. The highest BCUT2D eigenvalue weighted by Gasteiger charge is 2.13. The molecule has 0 aliphatic rings. The molecule has 2 rings (SSSR count). The van der Waals surface area contributed by atoms with Gasteiger partial charge < -0.3 is 10.6 Å². The van der Waals surface area contributed by atoms with Crippen molar-refractivity contribution in [3.63, 3.8) is 0 Å². The van der Waals surface area contributed by atoms with E-state index in [0.29, 0.717) is 12.2 Å². The maximum absolute atomic E-state index is 11.0. The zero-order valence-corrected chi connectivity index (χ0v) is 13.0. The fourth-order valence-electron chi connectivity index (χ4n) is 1.99. The lowest BCUT2D eigenvalue weighted by Crippen LogP contribution is -2.07. The molecule has 2 N–H and O–H groups in total. The summed E-state index contributed by atoms with van der Waals surface area (Å²) in [5, 5.41) is 18.3. The van der Waals surface area contributed by atoms with Crippen LogP contribution in [-0.4, -0.2) is 16.5 Å². The van der Waals surface area contributed by atoms with Crippen LogP contribution in [0.4, 0.5) is 17.1 Å². The van der Waals surface area contributed by atoms with E-state index in [1.54, 1.807) is 11.3 Å². The first-order chi connectivity index (χ1) is 9.99. The summed E-state index contributed by atoms with van der Waals surface area (Å²) in [6, 6.07) is 4.94. The Morgan fingerprint density at radius 1 is 1.38 bits per heavy atom. The summed E-state index contributed by atoms with van der Waals surface area (Å²) < 4.78 is 0. The molecule has 1 aromatic carbocycles. The molecule has 112 valence electrons. The van der Waals surface area contributed by atoms with E-state index in [4.69, 9.17) is 0 Å². The number of hydrogen-bond donors (Lipinski definition) is 2. The third-order valence-corrected chi connectivity index (χ3v) is 4.00. The standard InChI is InChI=1S/C14H18N4O2S/c1-4-15-11-5-12(7-13(6-11)18(19)20)17-10(3)14-16-8-9(2)21-14/h5-8,10,15,17H,4H2,1-3H3. The summed E-state index contributed by atoms with van der Waals surface area (Å²) >= 11 is 1.62. The number of nitrogens with zero attached hydrogens (tertiary/aromatic N) is 2. The normalized spacial score (nSPS) is 12.0. The Kier molecular flexibility index (Phi) is 4.74. The fraction of sp³-hybridized carbons (Fsp3) is 0.357. The highest BCUT2D eigenvalue weighted by molar-refractivity contribution is 7.11. The van der Waals surface area contributed by atoms with Gasteiger partial charge in [0, 0.05) is 41.1 Å². The molecule has 0 aliphatic carbocycles. The van der Waals surface area contributed by atoms with Crippen LogP contribution >= 0.6 is 11.3 Å². The predicted octanol–water partition coefficient (Wildman–Crippen LogP) is 3.96. The number of nitro groups is 1. The topological polar surface area (TPSA) is 80.1 Å². The molecule has 0 aliphatic heterocycles. The molecule has 1 atom stereocenters.